The molecule has 0 aromatic heterocycles. The van der Waals surface area contributed by atoms with Gasteiger partial charge in [0.1, 0.15) is 4.32 Å². The third-order valence-corrected chi connectivity index (χ3v) is 4.05. The summed E-state index contributed by atoms with van der Waals surface area (Å²) in [5, 5.41) is 0.656. The molecule has 1 heterocycles. The molecule has 0 N–H and O–H groups in total. The SMILES string of the molecule is CC(C)N1C(=O)/C(=C/c2cccc(Cl)c2)SC1=S. The van der Waals surface area contributed by atoms with Crippen LogP contribution >= 0.6 is 35.6 Å². The second kappa shape index (κ2) is 5.43. The van der Waals surface area contributed by atoms with Crippen molar-refractivity contribution in [1.82, 2.24) is 4.90 Å². The minimum absolute atomic E-state index is 0.0278. The lowest BCUT2D eigenvalue weighted by molar-refractivity contribution is -0.123. The first-order chi connectivity index (χ1) is 8.49. The highest BCUT2D eigenvalue weighted by Gasteiger charge is 2.33. The van der Waals surface area contributed by atoms with Crippen molar-refractivity contribution < 1.29 is 4.79 Å². The average molecular weight is 298 g/mol. The number of nitrogens with zero attached hydrogens (tertiary/aromatic N) is 1. The van der Waals surface area contributed by atoms with E-state index in [-0.39, 0.29) is 11.9 Å². The van der Waals surface area contributed by atoms with Crippen LogP contribution in [0.5, 0.6) is 0 Å². The highest BCUT2D eigenvalue weighted by molar-refractivity contribution is 8.26. The summed E-state index contributed by atoms with van der Waals surface area (Å²) in [7, 11) is 0. The van der Waals surface area contributed by atoms with Gasteiger partial charge in [0, 0.05) is 11.1 Å². The van der Waals surface area contributed by atoms with Crippen molar-refractivity contribution in [2.24, 2.45) is 0 Å². The Balaban J connectivity index is 2.31. The van der Waals surface area contributed by atoms with Gasteiger partial charge in [-0.05, 0) is 37.6 Å². The Morgan fingerprint density at radius 3 is 2.72 bits per heavy atom. The number of amides is 1. The fourth-order valence-electron chi connectivity index (χ4n) is 1.67. The lowest BCUT2D eigenvalue weighted by Crippen LogP contribution is -2.34. The molecule has 18 heavy (non-hydrogen) atoms. The van der Waals surface area contributed by atoms with Gasteiger partial charge in [0.2, 0.25) is 0 Å². The van der Waals surface area contributed by atoms with Gasteiger partial charge in [0.05, 0.1) is 4.91 Å². The van der Waals surface area contributed by atoms with Gasteiger partial charge in [-0.1, -0.05) is 47.7 Å². The Morgan fingerprint density at radius 1 is 1.44 bits per heavy atom. The Bertz CT molecular complexity index is 540. The number of carbonyl (C=O) groups is 1. The monoisotopic (exact) mass is 297 g/mol. The zero-order valence-corrected chi connectivity index (χ0v) is 12.4. The first-order valence-electron chi connectivity index (χ1n) is 5.51. The maximum atomic E-state index is 12.2. The predicted molar refractivity (Wildman–Crippen MR) is 81.6 cm³/mol. The molecule has 1 fully saturated rings. The number of hydrogen-bond acceptors (Lipinski definition) is 3. The molecule has 0 saturated carbocycles. The molecule has 0 aliphatic carbocycles. The molecule has 0 atom stereocenters. The highest BCUT2D eigenvalue weighted by atomic mass is 35.5. The first kappa shape index (κ1) is 13.6. The predicted octanol–water partition coefficient (Wildman–Crippen LogP) is 3.95. The van der Waals surface area contributed by atoms with Crippen LogP contribution in [0.4, 0.5) is 0 Å². The van der Waals surface area contributed by atoms with E-state index in [1.807, 2.05) is 38.1 Å². The summed E-state index contributed by atoms with van der Waals surface area (Å²) >= 11 is 12.5. The Labute approximate surface area is 121 Å². The summed E-state index contributed by atoms with van der Waals surface area (Å²) in [6.07, 6.45) is 1.83. The van der Waals surface area contributed by atoms with Gasteiger partial charge in [0.15, 0.2) is 0 Å². The van der Waals surface area contributed by atoms with Crippen molar-refractivity contribution in [1.29, 1.82) is 0 Å². The minimum atomic E-state index is -0.0278. The van der Waals surface area contributed by atoms with Crippen molar-refractivity contribution >= 4 is 51.9 Å². The molecule has 1 aliphatic heterocycles. The fourth-order valence-corrected chi connectivity index (χ4v) is 3.40. The highest BCUT2D eigenvalue weighted by Crippen LogP contribution is 2.33. The second-order valence-electron chi connectivity index (χ2n) is 4.20. The maximum absolute atomic E-state index is 12.2. The second-order valence-corrected chi connectivity index (χ2v) is 6.31. The summed E-state index contributed by atoms with van der Waals surface area (Å²) in [6.45, 7) is 3.90. The number of thioether (sulfide) groups is 1. The largest absolute Gasteiger partial charge is 0.290 e. The van der Waals surface area contributed by atoms with Crippen LogP contribution in [-0.4, -0.2) is 21.2 Å². The summed E-state index contributed by atoms with van der Waals surface area (Å²) in [5.74, 6) is -0.0278. The Morgan fingerprint density at radius 2 is 2.17 bits per heavy atom. The number of rotatable bonds is 2. The molecule has 0 spiro atoms. The van der Waals surface area contributed by atoms with E-state index in [1.165, 1.54) is 11.8 Å². The van der Waals surface area contributed by atoms with Crippen molar-refractivity contribution in [2.75, 3.05) is 0 Å². The van der Waals surface area contributed by atoms with E-state index < -0.39 is 0 Å². The molecular formula is C13H12ClNOS2. The van der Waals surface area contributed by atoms with Crippen LogP contribution in [0.2, 0.25) is 5.02 Å². The normalized spacial score (nSPS) is 18.2. The van der Waals surface area contributed by atoms with Crippen molar-refractivity contribution in [2.45, 2.75) is 19.9 Å². The fraction of sp³-hybridized carbons (Fsp3) is 0.231. The van der Waals surface area contributed by atoms with Gasteiger partial charge >= 0.3 is 0 Å². The number of carbonyl (C=O) groups excluding carboxylic acids is 1. The van der Waals surface area contributed by atoms with E-state index in [1.54, 1.807) is 11.0 Å². The van der Waals surface area contributed by atoms with Gasteiger partial charge < -0.3 is 0 Å². The van der Waals surface area contributed by atoms with Crippen molar-refractivity contribution in [3.05, 3.63) is 39.8 Å². The number of hydrogen-bond donors (Lipinski definition) is 0. The zero-order chi connectivity index (χ0) is 13.3. The Kier molecular flexibility index (Phi) is 4.10. The molecule has 1 amide bonds. The van der Waals surface area contributed by atoms with E-state index in [9.17, 15) is 4.79 Å². The van der Waals surface area contributed by atoms with E-state index in [0.717, 1.165) is 5.56 Å². The van der Waals surface area contributed by atoms with Crippen LogP contribution in [-0.2, 0) is 4.79 Å². The van der Waals surface area contributed by atoms with E-state index >= 15 is 0 Å². The van der Waals surface area contributed by atoms with Crippen LogP contribution in [0.3, 0.4) is 0 Å². The number of benzene rings is 1. The molecule has 2 nitrogen and oxygen atoms in total. The van der Waals surface area contributed by atoms with Crippen molar-refractivity contribution in [3.63, 3.8) is 0 Å². The van der Waals surface area contributed by atoms with E-state index in [2.05, 4.69) is 0 Å². The van der Waals surface area contributed by atoms with Crippen LogP contribution in [0.25, 0.3) is 6.08 Å². The Hall–Kier alpha value is -0.840. The van der Waals surface area contributed by atoms with Crippen LogP contribution in [0.1, 0.15) is 19.4 Å². The zero-order valence-electron chi connectivity index (χ0n) is 10.0. The summed E-state index contributed by atoms with van der Waals surface area (Å²) < 4.78 is 0.614. The third kappa shape index (κ3) is 2.76. The smallest absolute Gasteiger partial charge is 0.266 e. The molecule has 1 aromatic rings. The molecule has 0 bridgehead atoms. The quantitative estimate of drug-likeness (QED) is 0.609. The van der Waals surface area contributed by atoms with Crippen LogP contribution < -0.4 is 0 Å². The summed E-state index contributed by atoms with van der Waals surface area (Å²) in [4.78, 5) is 14.4. The minimum Gasteiger partial charge on any atom is -0.290 e. The lowest BCUT2D eigenvalue weighted by Gasteiger charge is -2.18. The molecule has 94 valence electrons. The molecule has 1 aromatic carbocycles. The lowest BCUT2D eigenvalue weighted by atomic mass is 10.2. The maximum Gasteiger partial charge on any atom is 0.266 e. The summed E-state index contributed by atoms with van der Waals surface area (Å²) in [6, 6.07) is 7.48. The molecular weight excluding hydrogens is 286 g/mol. The van der Waals surface area contributed by atoms with E-state index in [0.29, 0.717) is 14.2 Å². The topological polar surface area (TPSA) is 20.3 Å². The molecule has 0 unspecified atom stereocenters. The summed E-state index contributed by atoms with van der Waals surface area (Å²) in [5.41, 5.74) is 0.909. The van der Waals surface area contributed by atoms with Gasteiger partial charge in [-0.3, -0.25) is 9.69 Å². The molecule has 1 aliphatic rings. The van der Waals surface area contributed by atoms with Crippen LogP contribution in [0.15, 0.2) is 29.2 Å². The molecule has 2 rings (SSSR count). The number of thiocarbonyl (C=S) groups is 1. The molecule has 0 radical (unpaired) electrons. The van der Waals surface area contributed by atoms with Gasteiger partial charge in [0.25, 0.3) is 5.91 Å². The first-order valence-corrected chi connectivity index (χ1v) is 7.12. The third-order valence-electron chi connectivity index (χ3n) is 2.49. The van der Waals surface area contributed by atoms with Crippen molar-refractivity contribution in [3.8, 4) is 0 Å². The number of halogens is 1. The standard InChI is InChI=1S/C13H12ClNOS2/c1-8(2)15-12(16)11(18-13(15)17)7-9-4-3-5-10(14)6-9/h3-8H,1-2H3/b11-7-. The van der Waals surface area contributed by atoms with Gasteiger partial charge in [-0.15, -0.1) is 0 Å². The van der Waals surface area contributed by atoms with E-state index in [4.69, 9.17) is 23.8 Å². The molecule has 1 saturated heterocycles. The average Bonchev–Trinajstić information content (AvgIpc) is 2.54. The van der Waals surface area contributed by atoms with Crippen LogP contribution in [0, 0.1) is 0 Å². The van der Waals surface area contributed by atoms with Gasteiger partial charge in [-0.25, -0.2) is 0 Å². The van der Waals surface area contributed by atoms with Gasteiger partial charge in [-0.2, -0.15) is 0 Å². The molecule has 5 heteroatoms.